The van der Waals surface area contributed by atoms with Gasteiger partial charge in [-0.15, -0.1) is 0 Å². The van der Waals surface area contributed by atoms with Gasteiger partial charge in [-0.2, -0.15) is 0 Å². The van der Waals surface area contributed by atoms with Crippen molar-refractivity contribution in [3.05, 3.63) is 0 Å². The highest BCUT2D eigenvalue weighted by molar-refractivity contribution is 6.79. The van der Waals surface area contributed by atoms with E-state index in [1.165, 1.54) is 6.42 Å². The van der Waals surface area contributed by atoms with Crippen LogP contribution < -0.4 is 0 Å². The Labute approximate surface area is 104 Å². The molecule has 0 amide bonds. The Kier molecular flexibility index (Phi) is 2.82. The minimum Gasteiger partial charge on any atom is -0.0691 e. The summed E-state index contributed by atoms with van der Waals surface area (Å²) in [5.41, 5.74) is 1.29. The van der Waals surface area contributed by atoms with Crippen LogP contribution in [0, 0.1) is 16.2 Å². The van der Waals surface area contributed by atoms with Crippen molar-refractivity contribution in [2.75, 3.05) is 0 Å². The lowest BCUT2D eigenvalue weighted by Crippen LogP contribution is -2.48. The van der Waals surface area contributed by atoms with Gasteiger partial charge in [0.25, 0.3) is 0 Å². The van der Waals surface area contributed by atoms with E-state index >= 15 is 0 Å². The molecular formula is C15H32Si. The molecule has 0 heterocycles. The summed E-state index contributed by atoms with van der Waals surface area (Å²) >= 11 is 0. The molecular weight excluding hydrogens is 208 g/mol. The first-order chi connectivity index (χ1) is 6.71. The second-order valence-electron chi connectivity index (χ2n) is 8.89. The molecule has 0 saturated heterocycles. The molecule has 16 heavy (non-hydrogen) atoms. The minimum absolute atomic E-state index is 0.412. The van der Waals surface area contributed by atoms with E-state index in [0.717, 1.165) is 0 Å². The Bertz CT molecular complexity index is 291. The fraction of sp³-hybridized carbons (Fsp3) is 1.00. The van der Waals surface area contributed by atoms with Crippen LogP contribution >= 0.6 is 0 Å². The Morgan fingerprint density at radius 1 is 0.688 bits per heavy atom. The van der Waals surface area contributed by atoms with Gasteiger partial charge in [-0.1, -0.05) is 68.1 Å². The summed E-state index contributed by atoms with van der Waals surface area (Å²) in [6.45, 7) is 25.2. The molecule has 1 saturated carbocycles. The molecule has 1 heteroatoms. The third-order valence-electron chi connectivity index (χ3n) is 7.08. The molecule has 1 fully saturated rings. The first-order valence-corrected chi connectivity index (χ1v) is 10.2. The zero-order valence-corrected chi connectivity index (χ0v) is 14.2. The molecule has 1 aliphatic carbocycles. The largest absolute Gasteiger partial charge is 0.0691 e. The van der Waals surface area contributed by atoms with Crippen LogP contribution in [0.4, 0.5) is 0 Å². The molecule has 0 nitrogen and oxygen atoms in total. The molecule has 0 aromatic heterocycles. The maximum absolute atomic E-state index is 2.57. The maximum Gasteiger partial charge on any atom is 0.0509 e. The fourth-order valence-electron chi connectivity index (χ4n) is 4.06. The van der Waals surface area contributed by atoms with E-state index in [2.05, 4.69) is 68.1 Å². The van der Waals surface area contributed by atoms with E-state index < -0.39 is 8.07 Å². The molecule has 0 N–H and O–H groups in total. The third kappa shape index (κ3) is 1.39. The highest BCUT2D eigenvalue weighted by Gasteiger charge is 2.67. The van der Waals surface area contributed by atoms with Gasteiger partial charge in [0, 0.05) is 0 Å². The van der Waals surface area contributed by atoms with Crippen LogP contribution in [0.1, 0.15) is 54.9 Å². The van der Waals surface area contributed by atoms with Crippen LogP contribution in [0.25, 0.3) is 0 Å². The van der Waals surface area contributed by atoms with Crippen LogP contribution in [0.5, 0.6) is 0 Å². The van der Waals surface area contributed by atoms with E-state index in [-0.39, 0.29) is 0 Å². The van der Waals surface area contributed by atoms with Crippen molar-refractivity contribution in [3.63, 3.8) is 0 Å². The molecule has 0 aromatic rings. The standard InChI is InChI=1S/C15H32Si/c1-12(2)11-15(7,16(8,9)10)14(5,6)13(12,3)4/h11H2,1-10H3. The van der Waals surface area contributed by atoms with E-state index in [1.807, 2.05) is 0 Å². The topological polar surface area (TPSA) is 0 Å². The van der Waals surface area contributed by atoms with Crippen LogP contribution in [-0.4, -0.2) is 8.07 Å². The monoisotopic (exact) mass is 240 g/mol. The smallest absolute Gasteiger partial charge is 0.0509 e. The molecule has 1 rings (SSSR count). The van der Waals surface area contributed by atoms with Gasteiger partial charge in [0.1, 0.15) is 0 Å². The fourth-order valence-corrected chi connectivity index (χ4v) is 7.22. The van der Waals surface area contributed by atoms with Crippen molar-refractivity contribution in [2.24, 2.45) is 16.2 Å². The van der Waals surface area contributed by atoms with Gasteiger partial charge in [0.2, 0.25) is 0 Å². The summed E-state index contributed by atoms with van der Waals surface area (Å²) in [7, 11) is -1.16. The molecule has 0 bridgehead atoms. The number of rotatable bonds is 1. The van der Waals surface area contributed by atoms with E-state index in [4.69, 9.17) is 0 Å². The summed E-state index contributed by atoms with van der Waals surface area (Å²) in [5.74, 6) is 0. The van der Waals surface area contributed by atoms with Crippen molar-refractivity contribution in [1.29, 1.82) is 0 Å². The van der Waals surface area contributed by atoms with E-state index in [0.29, 0.717) is 21.3 Å². The second-order valence-corrected chi connectivity index (χ2v) is 14.5. The van der Waals surface area contributed by atoms with Gasteiger partial charge in [-0.25, -0.2) is 0 Å². The van der Waals surface area contributed by atoms with Crippen LogP contribution in [0.15, 0.2) is 0 Å². The van der Waals surface area contributed by atoms with E-state index in [1.54, 1.807) is 0 Å². The summed E-state index contributed by atoms with van der Waals surface area (Å²) in [4.78, 5) is 0. The predicted octanol–water partition coefficient (Wildman–Crippen LogP) is 5.57. The molecule has 0 aliphatic heterocycles. The van der Waals surface area contributed by atoms with Crippen molar-refractivity contribution in [1.82, 2.24) is 0 Å². The summed E-state index contributed by atoms with van der Waals surface area (Å²) in [5, 5.41) is 0.535. The zero-order valence-electron chi connectivity index (χ0n) is 13.2. The molecule has 0 spiro atoms. The zero-order chi connectivity index (χ0) is 13.2. The van der Waals surface area contributed by atoms with Crippen molar-refractivity contribution in [2.45, 2.75) is 79.6 Å². The minimum atomic E-state index is -1.16. The quantitative estimate of drug-likeness (QED) is 0.526. The van der Waals surface area contributed by atoms with Gasteiger partial charge < -0.3 is 0 Å². The molecule has 1 aliphatic rings. The van der Waals surface area contributed by atoms with E-state index in [9.17, 15) is 0 Å². The molecule has 0 aromatic carbocycles. The SMILES string of the molecule is CC1(C)CC(C)([Si](C)(C)C)C(C)(C)C1(C)C. The summed E-state index contributed by atoms with van der Waals surface area (Å²) in [6.07, 6.45) is 1.38. The number of hydrogen-bond acceptors (Lipinski definition) is 0. The highest BCUT2D eigenvalue weighted by Crippen LogP contribution is 2.76. The molecule has 0 radical (unpaired) electrons. The average Bonchev–Trinajstić information content (AvgIpc) is 2.07. The third-order valence-corrected chi connectivity index (χ3v) is 11.2. The highest BCUT2D eigenvalue weighted by atomic mass is 28.3. The maximum atomic E-state index is 2.57. The van der Waals surface area contributed by atoms with Crippen LogP contribution in [-0.2, 0) is 0 Å². The Balaban J connectivity index is 3.41. The van der Waals surface area contributed by atoms with Gasteiger partial charge in [0.15, 0.2) is 0 Å². The Hall–Kier alpha value is 0.217. The lowest BCUT2D eigenvalue weighted by Gasteiger charge is -2.53. The molecule has 1 atom stereocenters. The predicted molar refractivity (Wildman–Crippen MR) is 77.7 cm³/mol. The van der Waals surface area contributed by atoms with Gasteiger partial charge in [0.05, 0.1) is 8.07 Å². The van der Waals surface area contributed by atoms with Crippen molar-refractivity contribution in [3.8, 4) is 0 Å². The Morgan fingerprint density at radius 2 is 1.06 bits per heavy atom. The Morgan fingerprint density at radius 3 is 1.19 bits per heavy atom. The van der Waals surface area contributed by atoms with Crippen molar-refractivity contribution >= 4 is 8.07 Å². The van der Waals surface area contributed by atoms with Gasteiger partial charge >= 0.3 is 0 Å². The van der Waals surface area contributed by atoms with Gasteiger partial charge in [-0.3, -0.25) is 0 Å². The lowest BCUT2D eigenvalue weighted by molar-refractivity contribution is 0.0416. The van der Waals surface area contributed by atoms with Crippen molar-refractivity contribution < 1.29 is 0 Å². The summed E-state index contributed by atoms with van der Waals surface area (Å²) in [6, 6.07) is 0. The second kappa shape index (κ2) is 3.16. The summed E-state index contributed by atoms with van der Waals surface area (Å²) < 4.78 is 0. The van der Waals surface area contributed by atoms with Gasteiger partial charge in [-0.05, 0) is 27.7 Å². The number of hydrogen-bond donors (Lipinski definition) is 0. The van der Waals surface area contributed by atoms with Crippen LogP contribution in [0.3, 0.4) is 0 Å². The lowest BCUT2D eigenvalue weighted by atomic mass is 9.60. The molecule has 1 unspecified atom stereocenters. The first-order valence-electron chi connectivity index (χ1n) is 6.71. The first kappa shape index (κ1) is 14.3. The van der Waals surface area contributed by atoms with Crippen LogP contribution in [0.2, 0.25) is 24.7 Å². The average molecular weight is 241 g/mol. The molecule has 96 valence electrons. The normalized spacial score (nSPS) is 36.4.